The topological polar surface area (TPSA) is 134 Å². The van der Waals surface area contributed by atoms with Gasteiger partial charge in [0.15, 0.2) is 5.82 Å². The smallest absolute Gasteiger partial charge is 0.242 e. The van der Waals surface area contributed by atoms with Crippen LogP contribution in [0.1, 0.15) is 0 Å². The van der Waals surface area contributed by atoms with Crippen LogP contribution < -0.4 is 15.8 Å². The van der Waals surface area contributed by atoms with Crippen LogP contribution in [0.3, 0.4) is 0 Å². The third-order valence-electron chi connectivity index (χ3n) is 2.33. The Labute approximate surface area is 98.1 Å². The summed E-state index contributed by atoms with van der Waals surface area (Å²) < 4.78 is 4.90. The molecule has 0 saturated heterocycles. The molecule has 1 heterocycles. The fraction of sp³-hybridized carbons (Fsp3) is 0.556. The molecular formula is C9H16N4O4. The number of anilines is 2. The van der Waals surface area contributed by atoms with Gasteiger partial charge in [-0.05, 0) is 0 Å². The highest BCUT2D eigenvalue weighted by molar-refractivity contribution is 5.67. The van der Waals surface area contributed by atoms with Crippen LogP contribution in [0, 0.1) is 0 Å². The highest BCUT2D eigenvalue weighted by Crippen LogP contribution is 2.26. The molecule has 8 nitrogen and oxygen atoms in total. The monoisotopic (exact) mass is 244 g/mol. The molecule has 8 heteroatoms. The number of nitrogens with zero attached hydrogens (tertiary/aromatic N) is 2. The van der Waals surface area contributed by atoms with Crippen LogP contribution in [0.25, 0.3) is 0 Å². The first-order chi connectivity index (χ1) is 8.12. The van der Waals surface area contributed by atoms with Gasteiger partial charge < -0.3 is 31.1 Å². The van der Waals surface area contributed by atoms with E-state index < -0.39 is 25.4 Å². The van der Waals surface area contributed by atoms with Gasteiger partial charge in [0.1, 0.15) is 17.6 Å². The molecule has 0 fully saturated rings. The molecule has 1 aromatic heterocycles. The van der Waals surface area contributed by atoms with Crippen molar-refractivity contribution in [2.45, 2.75) is 5.54 Å². The average Bonchev–Trinajstić information content (AvgIpc) is 2.38. The summed E-state index contributed by atoms with van der Waals surface area (Å²) >= 11 is 0. The second-order valence-electron chi connectivity index (χ2n) is 3.52. The van der Waals surface area contributed by atoms with Crippen LogP contribution in [0.5, 0.6) is 5.88 Å². The molecule has 0 aliphatic heterocycles. The summed E-state index contributed by atoms with van der Waals surface area (Å²) in [6.07, 6.45) is 1.22. The Morgan fingerprint density at radius 1 is 1.29 bits per heavy atom. The molecule has 0 saturated carbocycles. The van der Waals surface area contributed by atoms with Gasteiger partial charge in [0.05, 0.1) is 26.9 Å². The Balaban J connectivity index is 3.01. The highest BCUT2D eigenvalue weighted by atomic mass is 16.5. The highest BCUT2D eigenvalue weighted by Gasteiger charge is 2.29. The summed E-state index contributed by atoms with van der Waals surface area (Å²) in [5, 5.41) is 30.2. The number of nitrogens with two attached hydrogens (primary N) is 1. The molecule has 0 atom stereocenters. The zero-order chi connectivity index (χ0) is 12.9. The van der Waals surface area contributed by atoms with E-state index in [4.69, 9.17) is 25.8 Å². The number of nitrogens with one attached hydrogen (secondary N) is 1. The van der Waals surface area contributed by atoms with E-state index in [9.17, 15) is 0 Å². The first-order valence-corrected chi connectivity index (χ1v) is 4.87. The second-order valence-corrected chi connectivity index (χ2v) is 3.52. The van der Waals surface area contributed by atoms with Crippen molar-refractivity contribution < 1.29 is 20.1 Å². The summed E-state index contributed by atoms with van der Waals surface area (Å²) in [5.74, 6) is 0.346. The molecule has 0 aliphatic rings. The van der Waals surface area contributed by atoms with Gasteiger partial charge in [0.2, 0.25) is 5.88 Å². The van der Waals surface area contributed by atoms with Crippen molar-refractivity contribution in [2.75, 3.05) is 38.0 Å². The van der Waals surface area contributed by atoms with Gasteiger partial charge in [-0.1, -0.05) is 0 Å². The molecule has 6 N–H and O–H groups in total. The van der Waals surface area contributed by atoms with E-state index in [0.717, 1.165) is 0 Å². The largest absolute Gasteiger partial charge is 0.479 e. The lowest BCUT2D eigenvalue weighted by Crippen LogP contribution is -2.49. The minimum Gasteiger partial charge on any atom is -0.479 e. The number of ether oxygens (including phenoxy) is 1. The lowest BCUT2D eigenvalue weighted by molar-refractivity contribution is 0.0831. The number of rotatable bonds is 6. The predicted octanol–water partition coefficient (Wildman–Crippen LogP) is -1.80. The third-order valence-corrected chi connectivity index (χ3v) is 2.33. The summed E-state index contributed by atoms with van der Waals surface area (Å²) in [4.78, 5) is 7.63. The molecule has 17 heavy (non-hydrogen) atoms. The number of hydrogen-bond donors (Lipinski definition) is 5. The summed E-state index contributed by atoms with van der Waals surface area (Å²) in [7, 11) is 1.40. The summed E-state index contributed by atoms with van der Waals surface area (Å²) in [5.41, 5.74) is 4.54. The molecule has 1 aromatic rings. The van der Waals surface area contributed by atoms with E-state index in [1.54, 1.807) is 0 Å². The SMILES string of the molecule is COc1ncnc(NC(CO)(CO)CO)c1N. The van der Waals surface area contributed by atoms with Gasteiger partial charge in [-0.25, -0.2) is 4.98 Å². The van der Waals surface area contributed by atoms with Crippen molar-refractivity contribution >= 4 is 11.5 Å². The number of aromatic nitrogens is 2. The van der Waals surface area contributed by atoms with Crippen molar-refractivity contribution in [3.63, 3.8) is 0 Å². The van der Waals surface area contributed by atoms with Crippen LogP contribution in [-0.2, 0) is 0 Å². The zero-order valence-electron chi connectivity index (χ0n) is 9.42. The predicted molar refractivity (Wildman–Crippen MR) is 60.6 cm³/mol. The van der Waals surface area contributed by atoms with Crippen LogP contribution in [0.4, 0.5) is 11.5 Å². The van der Waals surface area contributed by atoms with Gasteiger partial charge in [-0.3, -0.25) is 0 Å². The number of aliphatic hydroxyl groups is 3. The minimum absolute atomic E-state index is 0.134. The lowest BCUT2D eigenvalue weighted by Gasteiger charge is -2.29. The van der Waals surface area contributed by atoms with E-state index in [1.165, 1.54) is 13.4 Å². The van der Waals surface area contributed by atoms with Gasteiger partial charge in [0.25, 0.3) is 0 Å². The first-order valence-electron chi connectivity index (χ1n) is 4.87. The van der Waals surface area contributed by atoms with Crippen molar-refractivity contribution in [1.82, 2.24) is 9.97 Å². The molecule has 0 aromatic carbocycles. The summed E-state index contributed by atoms with van der Waals surface area (Å²) in [6.45, 7) is -1.44. The molecule has 0 unspecified atom stereocenters. The van der Waals surface area contributed by atoms with Crippen molar-refractivity contribution in [1.29, 1.82) is 0 Å². The van der Waals surface area contributed by atoms with Crippen LogP contribution in [0.2, 0.25) is 0 Å². The molecule has 0 aliphatic carbocycles. The van der Waals surface area contributed by atoms with Crippen molar-refractivity contribution in [2.24, 2.45) is 0 Å². The lowest BCUT2D eigenvalue weighted by atomic mass is 10.0. The Morgan fingerprint density at radius 3 is 2.35 bits per heavy atom. The van der Waals surface area contributed by atoms with Gasteiger partial charge >= 0.3 is 0 Å². The fourth-order valence-electron chi connectivity index (χ4n) is 1.16. The van der Waals surface area contributed by atoms with Gasteiger partial charge in [-0.15, -0.1) is 0 Å². The second kappa shape index (κ2) is 5.62. The van der Waals surface area contributed by atoms with Crippen molar-refractivity contribution in [3.05, 3.63) is 6.33 Å². The number of aliphatic hydroxyl groups excluding tert-OH is 3. The standard InChI is InChI=1S/C9H16N4O4/c1-17-8-6(10)7(11-5-12-8)13-9(2-14,3-15)4-16/h5,14-16H,2-4,10H2,1H3,(H,11,12,13). The molecule has 0 amide bonds. The van der Waals surface area contributed by atoms with E-state index in [1.807, 2.05) is 0 Å². The fourth-order valence-corrected chi connectivity index (χ4v) is 1.16. The molecule has 0 bridgehead atoms. The molecule has 96 valence electrons. The van der Waals surface area contributed by atoms with Crippen LogP contribution in [-0.4, -0.2) is 57.8 Å². The minimum atomic E-state index is -1.30. The van der Waals surface area contributed by atoms with Crippen LogP contribution >= 0.6 is 0 Å². The maximum Gasteiger partial charge on any atom is 0.242 e. The Kier molecular flexibility index (Phi) is 4.44. The van der Waals surface area contributed by atoms with Crippen LogP contribution in [0.15, 0.2) is 6.33 Å². The molecule has 0 radical (unpaired) electrons. The molecule has 1 rings (SSSR count). The van der Waals surface area contributed by atoms with Gasteiger partial charge in [0, 0.05) is 0 Å². The average molecular weight is 244 g/mol. The maximum atomic E-state index is 9.16. The number of hydrogen-bond acceptors (Lipinski definition) is 8. The zero-order valence-corrected chi connectivity index (χ0v) is 9.42. The third kappa shape index (κ3) is 2.73. The summed E-state index contributed by atoms with van der Waals surface area (Å²) in [6, 6.07) is 0. The van der Waals surface area contributed by atoms with E-state index in [0.29, 0.717) is 0 Å². The maximum absolute atomic E-state index is 9.16. The normalized spacial score (nSPS) is 11.3. The quantitative estimate of drug-likeness (QED) is 0.395. The van der Waals surface area contributed by atoms with Gasteiger partial charge in [-0.2, -0.15) is 4.98 Å². The van der Waals surface area contributed by atoms with E-state index in [2.05, 4.69) is 15.3 Å². The Hall–Kier alpha value is -1.64. The molecular weight excluding hydrogens is 228 g/mol. The molecule has 0 spiro atoms. The van der Waals surface area contributed by atoms with Crippen molar-refractivity contribution in [3.8, 4) is 5.88 Å². The number of nitrogen functional groups attached to an aromatic ring is 1. The van der Waals surface area contributed by atoms with E-state index in [-0.39, 0.29) is 17.4 Å². The van der Waals surface area contributed by atoms with E-state index >= 15 is 0 Å². The number of methoxy groups -OCH3 is 1. The first kappa shape index (κ1) is 13.4. The Bertz CT molecular complexity index is 362. The Morgan fingerprint density at radius 2 is 1.88 bits per heavy atom.